The molecule has 4 fully saturated rings. The average molecular weight is 491 g/mol. The van der Waals surface area contributed by atoms with E-state index in [1.807, 2.05) is 0 Å². The SMILES string of the molecule is CC1(C)COc2cc(-c3ccc(C4CCOCC4)cc3)ccc2C1NC(=O)O[C@H]1CN2CCC1CC2. The Morgan fingerprint density at radius 1 is 1.00 bits per heavy atom. The van der Waals surface area contributed by atoms with Crippen molar-refractivity contribution in [2.45, 2.75) is 57.6 Å². The minimum atomic E-state index is -0.313. The highest BCUT2D eigenvalue weighted by molar-refractivity contribution is 5.70. The van der Waals surface area contributed by atoms with Gasteiger partial charge in [0.25, 0.3) is 0 Å². The second-order valence-corrected chi connectivity index (χ2v) is 11.7. The van der Waals surface area contributed by atoms with E-state index in [1.165, 1.54) is 11.1 Å². The van der Waals surface area contributed by atoms with E-state index in [2.05, 4.69) is 66.5 Å². The first-order valence-corrected chi connectivity index (χ1v) is 13.6. The molecule has 7 rings (SSSR count). The lowest BCUT2D eigenvalue weighted by Crippen LogP contribution is -2.53. The molecule has 5 aliphatic heterocycles. The van der Waals surface area contributed by atoms with Crippen molar-refractivity contribution in [2.24, 2.45) is 11.3 Å². The van der Waals surface area contributed by atoms with Crippen LogP contribution < -0.4 is 10.1 Å². The average Bonchev–Trinajstić information content (AvgIpc) is 2.91. The smallest absolute Gasteiger partial charge is 0.407 e. The lowest BCUT2D eigenvalue weighted by molar-refractivity contribution is -0.0361. The number of carbonyl (C=O) groups is 1. The van der Waals surface area contributed by atoms with Crippen molar-refractivity contribution in [3.05, 3.63) is 53.6 Å². The molecule has 2 aromatic rings. The standard InChI is InChI=1S/C30H38N2O4/c1-30(2)19-35-26-17-24(21-5-3-20(4-6-21)22-11-15-34-16-12-22)7-8-25(26)28(30)31-29(33)36-27-18-32-13-9-23(27)10-14-32/h3-8,17,22-23,27-28H,9-16,18-19H2,1-2H3,(H,31,33)/t27-,28?/m0/s1. The van der Waals surface area contributed by atoms with Crippen molar-refractivity contribution >= 4 is 6.09 Å². The normalized spacial score (nSPS) is 29.2. The molecule has 5 heterocycles. The first kappa shape index (κ1) is 23.8. The molecule has 1 N–H and O–H groups in total. The third kappa shape index (κ3) is 4.73. The molecule has 6 nitrogen and oxygen atoms in total. The van der Waals surface area contributed by atoms with Crippen LogP contribution in [0.5, 0.6) is 5.75 Å². The summed E-state index contributed by atoms with van der Waals surface area (Å²) in [5, 5.41) is 3.21. The van der Waals surface area contributed by atoms with Gasteiger partial charge >= 0.3 is 6.09 Å². The second kappa shape index (κ2) is 9.71. The zero-order valence-electron chi connectivity index (χ0n) is 21.5. The third-order valence-corrected chi connectivity index (χ3v) is 8.76. The fourth-order valence-corrected chi connectivity index (χ4v) is 6.43. The molecule has 192 valence electrons. The van der Waals surface area contributed by atoms with E-state index in [-0.39, 0.29) is 23.7 Å². The Hall–Kier alpha value is -2.57. The molecule has 5 aliphatic rings. The molecule has 0 aromatic heterocycles. The maximum atomic E-state index is 13.0. The first-order chi connectivity index (χ1) is 17.5. The molecular formula is C30H38N2O4. The van der Waals surface area contributed by atoms with E-state index in [4.69, 9.17) is 14.2 Å². The summed E-state index contributed by atoms with van der Waals surface area (Å²) in [4.78, 5) is 15.4. The van der Waals surface area contributed by atoms with Gasteiger partial charge in [-0.3, -0.25) is 4.90 Å². The predicted octanol–water partition coefficient (Wildman–Crippen LogP) is 5.53. The second-order valence-electron chi connectivity index (χ2n) is 11.7. The van der Waals surface area contributed by atoms with Crippen molar-refractivity contribution in [1.29, 1.82) is 0 Å². The fraction of sp³-hybridized carbons (Fsp3) is 0.567. The highest BCUT2D eigenvalue weighted by atomic mass is 16.6. The summed E-state index contributed by atoms with van der Waals surface area (Å²) >= 11 is 0. The Morgan fingerprint density at radius 3 is 2.42 bits per heavy atom. The van der Waals surface area contributed by atoms with Crippen LogP contribution in [0.2, 0.25) is 0 Å². The van der Waals surface area contributed by atoms with E-state index in [1.54, 1.807) is 0 Å². The Labute approximate surface area is 214 Å². The minimum absolute atomic E-state index is 0.00130. The predicted molar refractivity (Wildman–Crippen MR) is 139 cm³/mol. The van der Waals surface area contributed by atoms with E-state index >= 15 is 0 Å². The maximum absolute atomic E-state index is 13.0. The van der Waals surface area contributed by atoms with Crippen LogP contribution in [0.3, 0.4) is 0 Å². The van der Waals surface area contributed by atoms with Crippen LogP contribution in [0.25, 0.3) is 11.1 Å². The molecule has 0 radical (unpaired) electrons. The molecule has 6 heteroatoms. The van der Waals surface area contributed by atoms with E-state index < -0.39 is 0 Å². The number of hydrogen-bond donors (Lipinski definition) is 1. The van der Waals surface area contributed by atoms with Crippen molar-refractivity contribution < 1.29 is 19.0 Å². The van der Waals surface area contributed by atoms with Crippen LogP contribution in [0, 0.1) is 11.3 Å². The summed E-state index contributed by atoms with van der Waals surface area (Å²) in [6, 6.07) is 15.1. The number of benzene rings is 2. The zero-order chi connectivity index (χ0) is 24.7. The van der Waals surface area contributed by atoms with Gasteiger partial charge in [0.1, 0.15) is 11.9 Å². The molecule has 36 heavy (non-hydrogen) atoms. The summed E-state index contributed by atoms with van der Waals surface area (Å²) in [5.74, 6) is 1.93. The van der Waals surface area contributed by atoms with Crippen molar-refractivity contribution in [3.8, 4) is 16.9 Å². The van der Waals surface area contributed by atoms with Crippen LogP contribution in [-0.2, 0) is 9.47 Å². The van der Waals surface area contributed by atoms with Gasteiger partial charge in [-0.1, -0.05) is 50.2 Å². The largest absolute Gasteiger partial charge is 0.493 e. The van der Waals surface area contributed by atoms with Crippen molar-refractivity contribution in [2.75, 3.05) is 39.5 Å². The van der Waals surface area contributed by atoms with Gasteiger partial charge in [-0.2, -0.15) is 0 Å². The van der Waals surface area contributed by atoms with Crippen LogP contribution >= 0.6 is 0 Å². The summed E-state index contributed by atoms with van der Waals surface area (Å²) in [5.41, 5.74) is 4.46. The number of alkyl carbamates (subject to hydrolysis) is 1. The van der Waals surface area contributed by atoms with Gasteiger partial charge in [0.2, 0.25) is 0 Å². The van der Waals surface area contributed by atoms with Crippen LogP contribution in [0.15, 0.2) is 42.5 Å². The number of amides is 1. The number of carbonyl (C=O) groups excluding carboxylic acids is 1. The van der Waals surface area contributed by atoms with Gasteiger partial charge in [0, 0.05) is 30.7 Å². The molecule has 1 amide bonds. The summed E-state index contributed by atoms with van der Waals surface area (Å²) in [6.07, 6.45) is 4.13. The maximum Gasteiger partial charge on any atom is 0.407 e. The fourth-order valence-electron chi connectivity index (χ4n) is 6.43. The van der Waals surface area contributed by atoms with Crippen LogP contribution in [0.1, 0.15) is 62.6 Å². The summed E-state index contributed by atoms with van der Waals surface area (Å²) < 4.78 is 17.7. The van der Waals surface area contributed by atoms with Gasteiger partial charge in [-0.15, -0.1) is 0 Å². The van der Waals surface area contributed by atoms with E-state index in [0.717, 1.165) is 75.4 Å². The van der Waals surface area contributed by atoms with Gasteiger partial charge in [0.05, 0.1) is 12.6 Å². The lowest BCUT2D eigenvalue weighted by atomic mass is 9.78. The first-order valence-electron chi connectivity index (χ1n) is 13.6. The molecular weight excluding hydrogens is 452 g/mol. The quantitative estimate of drug-likeness (QED) is 0.611. The number of nitrogens with one attached hydrogen (secondary N) is 1. The third-order valence-electron chi connectivity index (χ3n) is 8.76. The van der Waals surface area contributed by atoms with Gasteiger partial charge in [-0.05, 0) is 73.4 Å². The molecule has 0 saturated carbocycles. The van der Waals surface area contributed by atoms with Crippen LogP contribution in [0.4, 0.5) is 4.79 Å². The number of piperidine rings is 3. The number of fused-ring (bicyclic) bond motifs is 4. The van der Waals surface area contributed by atoms with Gasteiger partial charge in [-0.25, -0.2) is 4.79 Å². The highest BCUT2D eigenvalue weighted by Gasteiger charge is 2.41. The minimum Gasteiger partial charge on any atom is -0.493 e. The van der Waals surface area contributed by atoms with E-state index in [0.29, 0.717) is 18.4 Å². The molecule has 1 unspecified atom stereocenters. The topological polar surface area (TPSA) is 60.0 Å². The summed E-state index contributed by atoms with van der Waals surface area (Å²) in [7, 11) is 0. The molecule has 2 atom stereocenters. The van der Waals surface area contributed by atoms with Gasteiger partial charge < -0.3 is 19.5 Å². The number of ether oxygens (including phenoxy) is 3. The number of nitrogens with zero attached hydrogens (tertiary/aromatic N) is 1. The zero-order valence-corrected chi connectivity index (χ0v) is 21.5. The van der Waals surface area contributed by atoms with Crippen LogP contribution in [-0.4, -0.2) is 56.6 Å². The Bertz CT molecular complexity index is 1080. The van der Waals surface area contributed by atoms with Gasteiger partial charge in [0.15, 0.2) is 0 Å². The Morgan fingerprint density at radius 2 is 1.72 bits per heavy atom. The summed E-state index contributed by atoms with van der Waals surface area (Å²) in [6.45, 7) is 9.65. The monoisotopic (exact) mass is 490 g/mol. The highest BCUT2D eigenvalue weighted by Crippen LogP contribution is 2.44. The van der Waals surface area contributed by atoms with E-state index in [9.17, 15) is 4.79 Å². The molecule has 4 saturated heterocycles. The van der Waals surface area contributed by atoms with Crippen molar-refractivity contribution in [3.63, 3.8) is 0 Å². The number of hydrogen-bond acceptors (Lipinski definition) is 5. The Balaban J connectivity index is 1.17. The lowest BCUT2D eigenvalue weighted by Gasteiger charge is -2.44. The number of rotatable bonds is 4. The molecule has 0 spiro atoms. The molecule has 0 aliphatic carbocycles. The Kier molecular flexibility index (Phi) is 6.42. The molecule has 2 bridgehead atoms. The van der Waals surface area contributed by atoms with Crippen molar-refractivity contribution in [1.82, 2.24) is 10.2 Å². The molecule has 2 aromatic carbocycles.